The minimum atomic E-state index is -0.329. The number of nitrogens with zero attached hydrogens (tertiary/aromatic N) is 1. The van der Waals surface area contributed by atoms with Crippen molar-refractivity contribution in [3.8, 4) is 5.75 Å². The van der Waals surface area contributed by atoms with Crippen molar-refractivity contribution in [2.45, 2.75) is 12.1 Å². The third-order valence-electron chi connectivity index (χ3n) is 5.71. The first-order valence-corrected chi connectivity index (χ1v) is 10.7. The fourth-order valence-electron chi connectivity index (χ4n) is 4.28. The molecule has 0 aromatic heterocycles. The van der Waals surface area contributed by atoms with Gasteiger partial charge in [0.1, 0.15) is 5.75 Å². The molecule has 3 heteroatoms. The Morgan fingerprint density at radius 2 is 1.12 bits per heavy atom. The Morgan fingerprint density at radius 1 is 0.625 bits per heavy atom. The molecule has 156 valence electrons. The van der Waals surface area contributed by atoms with E-state index in [2.05, 4.69) is 41.3 Å². The number of hydrogen-bond donors (Lipinski definition) is 0. The molecule has 4 aromatic rings. The Morgan fingerprint density at radius 3 is 1.72 bits per heavy atom. The number of esters is 1. The van der Waals surface area contributed by atoms with Crippen molar-refractivity contribution < 1.29 is 9.53 Å². The fraction of sp³-hybridized carbons (Fsp3) is 0.0690. The average molecular weight is 418 g/mol. The Hall–Kier alpha value is -4.11. The van der Waals surface area contributed by atoms with Crippen LogP contribution in [0, 0.1) is 0 Å². The van der Waals surface area contributed by atoms with Crippen molar-refractivity contribution in [3.05, 3.63) is 144 Å². The summed E-state index contributed by atoms with van der Waals surface area (Å²) in [6, 6.07) is 39.5. The van der Waals surface area contributed by atoms with Gasteiger partial charge in [0, 0.05) is 5.69 Å². The number of ether oxygens (including phenoxy) is 1. The molecule has 4 aromatic carbocycles. The molecule has 0 N–H and O–H groups in total. The third kappa shape index (κ3) is 3.93. The molecule has 1 aliphatic heterocycles. The maximum atomic E-state index is 13.4. The van der Waals surface area contributed by atoms with Crippen LogP contribution >= 0.6 is 0 Å². The first kappa shape index (κ1) is 19.8. The summed E-state index contributed by atoms with van der Waals surface area (Å²) in [5.41, 5.74) is 3.86. The summed E-state index contributed by atoms with van der Waals surface area (Å²) in [4.78, 5) is 15.7. The molecule has 0 saturated heterocycles. The van der Waals surface area contributed by atoms with E-state index in [0.717, 1.165) is 16.8 Å². The van der Waals surface area contributed by atoms with Crippen molar-refractivity contribution >= 4 is 11.7 Å². The van der Waals surface area contributed by atoms with Gasteiger partial charge in [0.25, 0.3) is 0 Å². The first-order valence-electron chi connectivity index (χ1n) is 10.7. The van der Waals surface area contributed by atoms with Crippen LogP contribution in [0.3, 0.4) is 0 Å². The van der Waals surface area contributed by atoms with Crippen LogP contribution in [0.15, 0.2) is 133 Å². The number of anilines is 1. The molecule has 2 atom stereocenters. The maximum Gasteiger partial charge on any atom is 0.341 e. The lowest BCUT2D eigenvalue weighted by molar-refractivity contribution is -0.130. The second-order valence-electron chi connectivity index (χ2n) is 7.74. The second-order valence-corrected chi connectivity index (χ2v) is 7.74. The Kier molecular flexibility index (Phi) is 5.54. The molecule has 0 radical (unpaired) electrons. The SMILES string of the molecule is O=C(Oc1ccccc1)C1=CC(c2ccccc2)N(c2ccccc2)C1c1ccccc1. The van der Waals surface area contributed by atoms with Gasteiger partial charge in [-0.25, -0.2) is 4.79 Å². The summed E-state index contributed by atoms with van der Waals surface area (Å²) in [6.07, 6.45) is 2.05. The topological polar surface area (TPSA) is 29.5 Å². The van der Waals surface area contributed by atoms with Gasteiger partial charge in [-0.05, 0) is 41.5 Å². The van der Waals surface area contributed by atoms with Gasteiger partial charge in [0.2, 0.25) is 0 Å². The van der Waals surface area contributed by atoms with Crippen LogP contribution in [0.25, 0.3) is 0 Å². The summed E-state index contributed by atoms with van der Waals surface area (Å²) in [5.74, 6) is 0.212. The molecule has 5 rings (SSSR count). The summed E-state index contributed by atoms with van der Waals surface area (Å²) in [7, 11) is 0. The number of rotatable bonds is 5. The molecule has 0 fully saturated rings. The Bertz CT molecular complexity index is 1210. The van der Waals surface area contributed by atoms with Gasteiger partial charge in [-0.3, -0.25) is 0 Å². The van der Waals surface area contributed by atoms with E-state index in [-0.39, 0.29) is 18.1 Å². The molecule has 0 saturated carbocycles. The Balaban J connectivity index is 1.63. The van der Waals surface area contributed by atoms with Crippen LogP contribution in [0.2, 0.25) is 0 Å². The molecule has 0 bridgehead atoms. The fourth-order valence-corrected chi connectivity index (χ4v) is 4.28. The number of carbonyl (C=O) groups excluding carboxylic acids is 1. The van der Waals surface area contributed by atoms with Crippen LogP contribution in [0.4, 0.5) is 5.69 Å². The molecular formula is C29H23NO2. The zero-order chi connectivity index (χ0) is 21.8. The Labute approximate surface area is 188 Å². The second kappa shape index (κ2) is 8.94. The van der Waals surface area contributed by atoms with Crippen molar-refractivity contribution in [1.29, 1.82) is 0 Å². The zero-order valence-electron chi connectivity index (χ0n) is 17.5. The van der Waals surface area contributed by atoms with Gasteiger partial charge in [-0.15, -0.1) is 0 Å². The van der Waals surface area contributed by atoms with Gasteiger partial charge in [-0.2, -0.15) is 0 Å². The molecule has 0 spiro atoms. The highest BCUT2D eigenvalue weighted by molar-refractivity contribution is 5.94. The van der Waals surface area contributed by atoms with Gasteiger partial charge in [0.15, 0.2) is 0 Å². The quantitative estimate of drug-likeness (QED) is 0.273. The monoisotopic (exact) mass is 417 g/mol. The van der Waals surface area contributed by atoms with Gasteiger partial charge >= 0.3 is 5.97 Å². The van der Waals surface area contributed by atoms with Crippen molar-refractivity contribution in [3.63, 3.8) is 0 Å². The molecule has 1 aliphatic rings. The molecular weight excluding hydrogens is 394 g/mol. The number of para-hydroxylation sites is 2. The summed E-state index contributed by atoms with van der Waals surface area (Å²) in [6.45, 7) is 0. The van der Waals surface area contributed by atoms with Gasteiger partial charge in [-0.1, -0.05) is 97.1 Å². The maximum absolute atomic E-state index is 13.4. The smallest absolute Gasteiger partial charge is 0.341 e. The number of benzene rings is 4. The summed E-state index contributed by atoms with van der Waals surface area (Å²) >= 11 is 0. The first-order chi connectivity index (χ1) is 15.8. The minimum Gasteiger partial charge on any atom is -0.423 e. The van der Waals surface area contributed by atoms with E-state index in [4.69, 9.17) is 4.74 Å². The highest BCUT2D eigenvalue weighted by Gasteiger charge is 2.40. The number of hydrogen-bond acceptors (Lipinski definition) is 3. The predicted octanol–water partition coefficient (Wildman–Crippen LogP) is 6.52. The van der Waals surface area contributed by atoms with Crippen molar-refractivity contribution in [2.24, 2.45) is 0 Å². The van der Waals surface area contributed by atoms with E-state index < -0.39 is 0 Å². The van der Waals surface area contributed by atoms with Crippen LogP contribution < -0.4 is 9.64 Å². The summed E-state index contributed by atoms with van der Waals surface area (Å²) < 4.78 is 5.78. The zero-order valence-corrected chi connectivity index (χ0v) is 17.5. The highest BCUT2D eigenvalue weighted by Crippen LogP contribution is 2.46. The predicted molar refractivity (Wildman–Crippen MR) is 127 cm³/mol. The average Bonchev–Trinajstić information content (AvgIpc) is 3.27. The van der Waals surface area contributed by atoms with Gasteiger partial charge < -0.3 is 9.64 Å². The molecule has 32 heavy (non-hydrogen) atoms. The number of carbonyl (C=O) groups is 1. The van der Waals surface area contributed by atoms with Crippen LogP contribution in [-0.4, -0.2) is 5.97 Å². The largest absolute Gasteiger partial charge is 0.423 e. The van der Waals surface area contributed by atoms with Crippen LogP contribution in [0.5, 0.6) is 5.75 Å². The van der Waals surface area contributed by atoms with E-state index in [1.807, 2.05) is 78.9 Å². The van der Waals surface area contributed by atoms with E-state index in [1.54, 1.807) is 12.1 Å². The van der Waals surface area contributed by atoms with E-state index >= 15 is 0 Å². The lowest BCUT2D eigenvalue weighted by atomic mass is 9.99. The van der Waals surface area contributed by atoms with E-state index in [9.17, 15) is 4.79 Å². The lowest BCUT2D eigenvalue weighted by Gasteiger charge is -2.34. The van der Waals surface area contributed by atoms with Crippen LogP contribution in [0.1, 0.15) is 23.2 Å². The molecule has 2 unspecified atom stereocenters. The van der Waals surface area contributed by atoms with Crippen molar-refractivity contribution in [2.75, 3.05) is 4.90 Å². The molecule has 0 aliphatic carbocycles. The van der Waals surface area contributed by atoms with Gasteiger partial charge in [0.05, 0.1) is 17.7 Å². The minimum absolute atomic E-state index is 0.0953. The third-order valence-corrected chi connectivity index (χ3v) is 5.71. The van der Waals surface area contributed by atoms with Crippen molar-refractivity contribution in [1.82, 2.24) is 0 Å². The standard InChI is InChI=1S/C29H23NO2/c31-29(32-25-19-11-4-12-20-25)26-21-27(22-13-5-1-6-14-22)30(24-17-9-3-10-18-24)28(26)23-15-7-2-8-16-23/h1-21,27-28H. The molecule has 0 amide bonds. The van der Waals surface area contributed by atoms with E-state index in [0.29, 0.717) is 11.3 Å². The lowest BCUT2D eigenvalue weighted by Crippen LogP contribution is -2.30. The molecule has 1 heterocycles. The summed E-state index contributed by atoms with van der Waals surface area (Å²) in [5, 5.41) is 0. The highest BCUT2D eigenvalue weighted by atomic mass is 16.5. The molecule has 3 nitrogen and oxygen atoms in total. The normalized spacial score (nSPS) is 17.6. The van der Waals surface area contributed by atoms with E-state index in [1.165, 1.54) is 0 Å². The van der Waals surface area contributed by atoms with Crippen LogP contribution in [-0.2, 0) is 4.79 Å².